The van der Waals surface area contributed by atoms with Crippen LogP contribution in [-0.2, 0) is 4.79 Å². The molecule has 4 nitrogen and oxygen atoms in total. The first-order chi connectivity index (χ1) is 8.72. The van der Waals surface area contributed by atoms with E-state index in [4.69, 9.17) is 4.74 Å². The van der Waals surface area contributed by atoms with Crippen LogP contribution < -0.4 is 10.1 Å². The van der Waals surface area contributed by atoms with Gasteiger partial charge in [0.15, 0.2) is 6.10 Å². The second-order valence-corrected chi connectivity index (χ2v) is 5.10. The SMILES string of the molecule is CC(Oc1cccc(F)c1)C(=O)NC(C)(C)C(C)O. The van der Waals surface area contributed by atoms with Crippen LogP contribution in [0.5, 0.6) is 5.75 Å². The maximum absolute atomic E-state index is 13.0. The van der Waals surface area contributed by atoms with E-state index in [9.17, 15) is 14.3 Å². The minimum absolute atomic E-state index is 0.289. The van der Waals surface area contributed by atoms with Crippen LogP contribution in [0.15, 0.2) is 24.3 Å². The van der Waals surface area contributed by atoms with Crippen LogP contribution >= 0.6 is 0 Å². The minimum atomic E-state index is -0.778. The Kier molecular flexibility index (Phi) is 4.89. The monoisotopic (exact) mass is 269 g/mol. The van der Waals surface area contributed by atoms with E-state index in [1.54, 1.807) is 33.8 Å². The Hall–Kier alpha value is -1.62. The van der Waals surface area contributed by atoms with Gasteiger partial charge in [0, 0.05) is 6.07 Å². The maximum Gasteiger partial charge on any atom is 0.261 e. The highest BCUT2D eigenvalue weighted by Crippen LogP contribution is 2.15. The molecule has 1 aromatic rings. The Labute approximate surface area is 112 Å². The Morgan fingerprint density at radius 3 is 2.58 bits per heavy atom. The number of carbonyl (C=O) groups is 1. The van der Waals surface area contributed by atoms with Gasteiger partial charge in [-0.15, -0.1) is 0 Å². The third-order valence-electron chi connectivity index (χ3n) is 2.97. The van der Waals surface area contributed by atoms with Crippen molar-refractivity contribution in [1.29, 1.82) is 0 Å². The average Bonchev–Trinajstić information content (AvgIpc) is 2.28. The summed E-state index contributed by atoms with van der Waals surface area (Å²) in [4.78, 5) is 11.9. The van der Waals surface area contributed by atoms with Crippen LogP contribution in [0.25, 0.3) is 0 Å². The summed E-state index contributed by atoms with van der Waals surface area (Å²) in [5.41, 5.74) is -0.753. The molecule has 0 aliphatic heterocycles. The lowest BCUT2D eigenvalue weighted by Gasteiger charge is -2.30. The number of halogens is 1. The van der Waals surface area contributed by atoms with E-state index in [0.717, 1.165) is 0 Å². The molecule has 2 N–H and O–H groups in total. The summed E-state index contributed by atoms with van der Waals surface area (Å²) >= 11 is 0. The van der Waals surface area contributed by atoms with Gasteiger partial charge in [0.05, 0.1) is 11.6 Å². The molecule has 0 saturated heterocycles. The molecule has 0 radical (unpaired) electrons. The quantitative estimate of drug-likeness (QED) is 0.858. The zero-order valence-corrected chi connectivity index (χ0v) is 11.6. The number of rotatable bonds is 5. The summed E-state index contributed by atoms with van der Waals surface area (Å²) in [7, 11) is 0. The van der Waals surface area contributed by atoms with Crippen LogP contribution in [0.2, 0.25) is 0 Å². The zero-order valence-electron chi connectivity index (χ0n) is 11.6. The second-order valence-electron chi connectivity index (χ2n) is 5.10. The molecule has 1 aromatic carbocycles. The Balaban J connectivity index is 2.63. The predicted octanol–water partition coefficient (Wildman–Crippen LogP) is 1.87. The van der Waals surface area contributed by atoms with Crippen molar-refractivity contribution in [2.45, 2.75) is 45.4 Å². The zero-order chi connectivity index (χ0) is 14.6. The highest BCUT2D eigenvalue weighted by Gasteiger charge is 2.28. The van der Waals surface area contributed by atoms with Crippen molar-refractivity contribution >= 4 is 5.91 Å². The van der Waals surface area contributed by atoms with Crippen LogP contribution in [0.1, 0.15) is 27.7 Å². The molecule has 0 aromatic heterocycles. The standard InChI is InChI=1S/C14H20FNO3/c1-9(13(18)16-14(3,4)10(2)17)19-12-7-5-6-11(15)8-12/h5-10,17H,1-4H3,(H,16,18). The average molecular weight is 269 g/mol. The molecular formula is C14H20FNO3. The van der Waals surface area contributed by atoms with Crippen molar-refractivity contribution in [3.05, 3.63) is 30.1 Å². The highest BCUT2D eigenvalue weighted by molar-refractivity contribution is 5.81. The van der Waals surface area contributed by atoms with Crippen molar-refractivity contribution in [3.8, 4) is 5.75 Å². The van der Waals surface area contributed by atoms with E-state index in [1.165, 1.54) is 18.2 Å². The second kappa shape index (κ2) is 6.02. The van der Waals surface area contributed by atoms with E-state index in [-0.39, 0.29) is 11.7 Å². The third kappa shape index (κ3) is 4.52. The van der Waals surface area contributed by atoms with E-state index < -0.39 is 23.6 Å². The summed E-state index contributed by atoms with van der Waals surface area (Å²) in [6.45, 7) is 6.59. The summed E-state index contributed by atoms with van der Waals surface area (Å²) < 4.78 is 18.3. The molecule has 0 bridgehead atoms. The molecule has 0 spiro atoms. The van der Waals surface area contributed by atoms with Gasteiger partial charge in [-0.05, 0) is 39.8 Å². The lowest BCUT2D eigenvalue weighted by atomic mass is 9.98. The first-order valence-electron chi connectivity index (χ1n) is 6.14. The topological polar surface area (TPSA) is 58.6 Å². The summed E-state index contributed by atoms with van der Waals surface area (Å²) in [6.07, 6.45) is -1.47. The Bertz CT molecular complexity index is 446. The van der Waals surface area contributed by atoms with Crippen molar-refractivity contribution in [2.24, 2.45) is 0 Å². The van der Waals surface area contributed by atoms with E-state index in [1.807, 2.05) is 0 Å². The van der Waals surface area contributed by atoms with Gasteiger partial charge in [0.1, 0.15) is 11.6 Å². The first-order valence-corrected chi connectivity index (χ1v) is 6.14. The fourth-order valence-electron chi connectivity index (χ4n) is 1.32. The molecule has 1 amide bonds. The number of hydrogen-bond donors (Lipinski definition) is 2. The Morgan fingerprint density at radius 2 is 2.05 bits per heavy atom. The number of nitrogens with one attached hydrogen (secondary N) is 1. The summed E-state index contributed by atoms with van der Waals surface area (Å²) in [5.74, 6) is -0.498. The smallest absolute Gasteiger partial charge is 0.261 e. The molecule has 0 aliphatic carbocycles. The van der Waals surface area contributed by atoms with Gasteiger partial charge in [-0.2, -0.15) is 0 Å². The molecule has 19 heavy (non-hydrogen) atoms. The van der Waals surface area contributed by atoms with E-state index in [0.29, 0.717) is 0 Å². The molecule has 0 fully saturated rings. The molecule has 2 atom stereocenters. The van der Waals surface area contributed by atoms with Gasteiger partial charge in [-0.25, -0.2) is 4.39 Å². The number of carbonyl (C=O) groups excluding carboxylic acids is 1. The molecule has 5 heteroatoms. The lowest BCUT2D eigenvalue weighted by molar-refractivity contribution is -0.130. The lowest BCUT2D eigenvalue weighted by Crippen LogP contribution is -2.54. The van der Waals surface area contributed by atoms with Crippen LogP contribution in [0.4, 0.5) is 4.39 Å². The normalized spacial score (nSPS) is 14.6. The van der Waals surface area contributed by atoms with Gasteiger partial charge in [0.2, 0.25) is 0 Å². The predicted molar refractivity (Wildman–Crippen MR) is 70.4 cm³/mol. The van der Waals surface area contributed by atoms with E-state index >= 15 is 0 Å². The van der Waals surface area contributed by atoms with Crippen molar-refractivity contribution in [3.63, 3.8) is 0 Å². The molecule has 1 rings (SSSR count). The first kappa shape index (κ1) is 15.4. The molecular weight excluding hydrogens is 249 g/mol. The minimum Gasteiger partial charge on any atom is -0.481 e. The van der Waals surface area contributed by atoms with Crippen molar-refractivity contribution in [1.82, 2.24) is 5.32 Å². The van der Waals surface area contributed by atoms with Crippen molar-refractivity contribution < 1.29 is 19.0 Å². The van der Waals surface area contributed by atoms with Gasteiger partial charge >= 0.3 is 0 Å². The van der Waals surface area contributed by atoms with Crippen molar-refractivity contribution in [2.75, 3.05) is 0 Å². The van der Waals surface area contributed by atoms with Crippen LogP contribution in [-0.4, -0.2) is 28.8 Å². The van der Waals surface area contributed by atoms with Gasteiger partial charge in [-0.1, -0.05) is 6.07 Å². The van der Waals surface area contributed by atoms with Gasteiger partial charge in [-0.3, -0.25) is 4.79 Å². The number of amides is 1. The molecule has 106 valence electrons. The largest absolute Gasteiger partial charge is 0.481 e. The Morgan fingerprint density at radius 1 is 1.42 bits per heavy atom. The number of benzene rings is 1. The maximum atomic E-state index is 13.0. The van der Waals surface area contributed by atoms with Gasteiger partial charge in [0.25, 0.3) is 5.91 Å². The van der Waals surface area contributed by atoms with E-state index in [2.05, 4.69) is 5.32 Å². The van der Waals surface area contributed by atoms with Crippen LogP contribution in [0.3, 0.4) is 0 Å². The highest BCUT2D eigenvalue weighted by atomic mass is 19.1. The fraction of sp³-hybridized carbons (Fsp3) is 0.500. The number of aliphatic hydroxyl groups is 1. The molecule has 0 heterocycles. The number of ether oxygens (including phenoxy) is 1. The summed E-state index contributed by atoms with van der Waals surface area (Å²) in [5, 5.41) is 12.2. The number of aliphatic hydroxyl groups excluding tert-OH is 1. The van der Waals surface area contributed by atoms with Gasteiger partial charge < -0.3 is 15.2 Å². The number of hydrogen-bond acceptors (Lipinski definition) is 3. The third-order valence-corrected chi connectivity index (χ3v) is 2.97. The molecule has 0 aliphatic rings. The van der Waals surface area contributed by atoms with Crippen LogP contribution in [0, 0.1) is 5.82 Å². The summed E-state index contributed by atoms with van der Waals surface area (Å²) in [6, 6.07) is 5.60. The fourth-order valence-corrected chi connectivity index (χ4v) is 1.32. The molecule has 0 saturated carbocycles. The molecule has 2 unspecified atom stereocenters.